The quantitative estimate of drug-likeness (QED) is 0.847. The van der Waals surface area contributed by atoms with Crippen LogP contribution in [-0.4, -0.2) is 5.11 Å². The van der Waals surface area contributed by atoms with E-state index in [1.165, 1.54) is 21.6 Å². The Morgan fingerprint density at radius 2 is 1.76 bits per heavy atom. The van der Waals surface area contributed by atoms with Gasteiger partial charge in [0.25, 0.3) is 0 Å². The molecule has 0 saturated heterocycles. The summed E-state index contributed by atoms with van der Waals surface area (Å²) in [5, 5.41) is 10.5. The Kier molecular flexibility index (Phi) is 3.36. The number of thiophene rings is 1. The van der Waals surface area contributed by atoms with Gasteiger partial charge < -0.3 is 5.11 Å². The molecule has 0 bridgehead atoms. The van der Waals surface area contributed by atoms with E-state index >= 15 is 0 Å². The van der Waals surface area contributed by atoms with E-state index in [2.05, 4.69) is 39.8 Å². The topological polar surface area (TPSA) is 20.2 Å². The summed E-state index contributed by atoms with van der Waals surface area (Å²) >= 11 is 1.68. The molecule has 1 unspecified atom stereocenters. The number of rotatable bonds is 2. The minimum atomic E-state index is -0.492. The van der Waals surface area contributed by atoms with Crippen LogP contribution < -0.4 is 0 Å². The third kappa shape index (κ3) is 2.28. The lowest BCUT2D eigenvalue weighted by Gasteiger charge is -2.15. The zero-order chi connectivity index (χ0) is 12.6. The molecule has 2 rings (SSSR count). The lowest BCUT2D eigenvalue weighted by Crippen LogP contribution is -2.02. The maximum absolute atomic E-state index is 10.5. The van der Waals surface area contributed by atoms with E-state index in [1.807, 2.05) is 12.1 Å². The molecule has 0 saturated carbocycles. The number of hydrogen-bond acceptors (Lipinski definition) is 2. The summed E-state index contributed by atoms with van der Waals surface area (Å²) in [6.45, 7) is 8.30. The monoisotopic (exact) mass is 246 g/mol. The van der Waals surface area contributed by atoms with Crippen LogP contribution in [0.4, 0.5) is 0 Å². The molecule has 1 aromatic heterocycles. The van der Waals surface area contributed by atoms with Crippen molar-refractivity contribution in [2.45, 2.75) is 33.8 Å². The molecular formula is C15H18OS. The van der Waals surface area contributed by atoms with E-state index in [9.17, 15) is 5.11 Å². The lowest BCUT2D eigenvalue weighted by atomic mass is 9.97. The minimum Gasteiger partial charge on any atom is -0.383 e. The first kappa shape index (κ1) is 12.3. The Hall–Kier alpha value is -1.12. The van der Waals surface area contributed by atoms with Gasteiger partial charge in [-0.15, -0.1) is 11.3 Å². The van der Waals surface area contributed by atoms with Crippen molar-refractivity contribution < 1.29 is 5.11 Å². The van der Waals surface area contributed by atoms with E-state index in [4.69, 9.17) is 0 Å². The SMILES string of the molecule is Cc1cc(C)c(C(O)c2cccc(C)c2C)s1. The molecule has 0 spiro atoms. The Balaban J connectivity index is 2.47. The van der Waals surface area contributed by atoms with E-state index in [0.29, 0.717) is 0 Å². The van der Waals surface area contributed by atoms with E-state index in [0.717, 1.165) is 10.4 Å². The molecule has 1 heterocycles. The maximum atomic E-state index is 10.5. The van der Waals surface area contributed by atoms with Crippen molar-refractivity contribution in [3.05, 3.63) is 56.3 Å². The van der Waals surface area contributed by atoms with Crippen LogP contribution in [0.25, 0.3) is 0 Å². The third-order valence-corrected chi connectivity index (χ3v) is 4.47. The predicted molar refractivity (Wildman–Crippen MR) is 73.8 cm³/mol. The summed E-state index contributed by atoms with van der Waals surface area (Å²) in [5.74, 6) is 0. The summed E-state index contributed by atoms with van der Waals surface area (Å²) in [7, 11) is 0. The molecular weight excluding hydrogens is 228 g/mol. The van der Waals surface area contributed by atoms with Crippen molar-refractivity contribution in [2.24, 2.45) is 0 Å². The van der Waals surface area contributed by atoms with E-state index < -0.39 is 6.10 Å². The van der Waals surface area contributed by atoms with Crippen molar-refractivity contribution in [3.63, 3.8) is 0 Å². The average Bonchev–Trinajstić information content (AvgIpc) is 2.61. The smallest absolute Gasteiger partial charge is 0.114 e. The largest absolute Gasteiger partial charge is 0.383 e. The van der Waals surface area contributed by atoms with Gasteiger partial charge in [-0.1, -0.05) is 18.2 Å². The van der Waals surface area contributed by atoms with Gasteiger partial charge >= 0.3 is 0 Å². The zero-order valence-corrected chi connectivity index (χ0v) is 11.6. The maximum Gasteiger partial charge on any atom is 0.114 e. The fourth-order valence-electron chi connectivity index (χ4n) is 2.14. The molecule has 1 nitrogen and oxygen atoms in total. The number of benzene rings is 1. The fraction of sp³-hybridized carbons (Fsp3) is 0.333. The molecule has 0 fully saturated rings. The van der Waals surface area contributed by atoms with E-state index in [-0.39, 0.29) is 0 Å². The van der Waals surface area contributed by atoms with Crippen molar-refractivity contribution in [1.82, 2.24) is 0 Å². The second kappa shape index (κ2) is 4.63. The molecule has 1 atom stereocenters. The van der Waals surface area contributed by atoms with Crippen molar-refractivity contribution in [1.29, 1.82) is 0 Å². The van der Waals surface area contributed by atoms with Gasteiger partial charge in [-0.05, 0) is 56.0 Å². The van der Waals surface area contributed by atoms with Gasteiger partial charge in [0, 0.05) is 9.75 Å². The fourth-order valence-corrected chi connectivity index (χ4v) is 3.18. The highest BCUT2D eigenvalue weighted by molar-refractivity contribution is 7.12. The summed E-state index contributed by atoms with van der Waals surface area (Å²) in [6, 6.07) is 8.24. The van der Waals surface area contributed by atoms with Gasteiger partial charge in [-0.25, -0.2) is 0 Å². The molecule has 1 aromatic carbocycles. The van der Waals surface area contributed by atoms with Gasteiger partial charge in [0.05, 0.1) is 0 Å². The number of aryl methyl sites for hydroxylation is 3. The summed E-state index contributed by atoms with van der Waals surface area (Å²) < 4.78 is 0. The van der Waals surface area contributed by atoms with Crippen LogP contribution in [0.3, 0.4) is 0 Å². The van der Waals surface area contributed by atoms with Gasteiger partial charge in [0.2, 0.25) is 0 Å². The second-order valence-electron chi connectivity index (χ2n) is 4.60. The van der Waals surface area contributed by atoms with Crippen molar-refractivity contribution in [3.8, 4) is 0 Å². The third-order valence-electron chi connectivity index (χ3n) is 3.27. The van der Waals surface area contributed by atoms with Crippen LogP contribution in [0.1, 0.15) is 38.1 Å². The van der Waals surface area contributed by atoms with Gasteiger partial charge in [0.15, 0.2) is 0 Å². The molecule has 0 aliphatic heterocycles. The molecule has 0 aliphatic rings. The minimum absolute atomic E-state index is 0.492. The van der Waals surface area contributed by atoms with Crippen molar-refractivity contribution in [2.75, 3.05) is 0 Å². The van der Waals surface area contributed by atoms with Gasteiger partial charge in [0.1, 0.15) is 6.10 Å². The van der Waals surface area contributed by atoms with Gasteiger partial charge in [-0.2, -0.15) is 0 Å². The Morgan fingerprint density at radius 3 is 2.35 bits per heavy atom. The Morgan fingerprint density at radius 1 is 1.06 bits per heavy atom. The highest BCUT2D eigenvalue weighted by atomic mass is 32.1. The Bertz CT molecular complexity index is 540. The van der Waals surface area contributed by atoms with Crippen LogP contribution >= 0.6 is 11.3 Å². The van der Waals surface area contributed by atoms with Gasteiger partial charge in [-0.3, -0.25) is 0 Å². The number of aliphatic hydroxyl groups is 1. The number of hydrogen-bond donors (Lipinski definition) is 1. The molecule has 2 heteroatoms. The first-order valence-corrected chi connectivity index (χ1v) is 6.63. The highest BCUT2D eigenvalue weighted by Crippen LogP contribution is 2.33. The van der Waals surface area contributed by atoms with Crippen LogP contribution in [-0.2, 0) is 0 Å². The van der Waals surface area contributed by atoms with Crippen LogP contribution in [0.15, 0.2) is 24.3 Å². The molecule has 1 N–H and O–H groups in total. The normalized spacial score (nSPS) is 12.8. The average molecular weight is 246 g/mol. The summed E-state index contributed by atoms with van der Waals surface area (Å²) in [5.41, 5.74) is 4.62. The Labute approximate surface area is 107 Å². The number of aliphatic hydroxyl groups excluding tert-OH is 1. The molecule has 0 amide bonds. The molecule has 0 radical (unpaired) electrons. The first-order chi connectivity index (χ1) is 8.00. The standard InChI is InChI=1S/C15H18OS/c1-9-6-5-7-13(12(9)4)14(16)15-10(2)8-11(3)17-15/h5-8,14,16H,1-4H3. The van der Waals surface area contributed by atoms with Crippen molar-refractivity contribution >= 4 is 11.3 Å². The molecule has 2 aromatic rings. The summed E-state index contributed by atoms with van der Waals surface area (Å²) in [4.78, 5) is 2.32. The van der Waals surface area contributed by atoms with Crippen LogP contribution in [0.5, 0.6) is 0 Å². The second-order valence-corrected chi connectivity index (χ2v) is 5.88. The predicted octanol–water partition coefficient (Wildman–Crippen LogP) is 4.06. The molecule has 90 valence electrons. The zero-order valence-electron chi connectivity index (χ0n) is 10.7. The molecule has 0 aliphatic carbocycles. The highest BCUT2D eigenvalue weighted by Gasteiger charge is 2.17. The first-order valence-electron chi connectivity index (χ1n) is 5.82. The van der Waals surface area contributed by atoms with Crippen LogP contribution in [0.2, 0.25) is 0 Å². The molecule has 17 heavy (non-hydrogen) atoms. The lowest BCUT2D eigenvalue weighted by molar-refractivity contribution is 0.222. The summed E-state index contributed by atoms with van der Waals surface area (Å²) in [6.07, 6.45) is -0.492. The van der Waals surface area contributed by atoms with E-state index in [1.54, 1.807) is 11.3 Å². The van der Waals surface area contributed by atoms with Crippen LogP contribution in [0, 0.1) is 27.7 Å².